The van der Waals surface area contributed by atoms with Crippen molar-refractivity contribution in [2.24, 2.45) is 0 Å². The van der Waals surface area contributed by atoms with Crippen LogP contribution in [-0.4, -0.2) is 20.1 Å². The number of rotatable bonds is 5. The summed E-state index contributed by atoms with van der Waals surface area (Å²) >= 11 is 0. The third kappa shape index (κ3) is 3.51. The highest BCUT2D eigenvalue weighted by atomic mass is 28.3. The van der Waals surface area contributed by atoms with Crippen LogP contribution in [0.4, 0.5) is 0 Å². The van der Waals surface area contributed by atoms with E-state index in [0.29, 0.717) is 0 Å². The number of aromatic hydroxyl groups is 1. The van der Waals surface area contributed by atoms with Crippen LogP contribution in [0, 0.1) is 0 Å². The Labute approximate surface area is 122 Å². The highest BCUT2D eigenvalue weighted by Crippen LogP contribution is 2.33. The van der Waals surface area contributed by atoms with Gasteiger partial charge in [-0.3, -0.25) is 0 Å². The van der Waals surface area contributed by atoms with E-state index in [9.17, 15) is 5.11 Å². The summed E-state index contributed by atoms with van der Waals surface area (Å²) in [5.41, 5.74) is 3.16. The molecule has 0 fully saturated rings. The molecule has 0 bridgehead atoms. The van der Waals surface area contributed by atoms with Gasteiger partial charge in [-0.25, -0.2) is 0 Å². The van der Waals surface area contributed by atoms with E-state index < -0.39 is 8.80 Å². The Balaban J connectivity index is 2.35. The van der Waals surface area contributed by atoms with Gasteiger partial charge in [0.15, 0.2) is 0 Å². The number of hydrogen-bond donors (Lipinski definition) is 1. The van der Waals surface area contributed by atoms with Gasteiger partial charge in [0.1, 0.15) is 11.5 Å². The zero-order valence-electron chi connectivity index (χ0n) is 11.9. The van der Waals surface area contributed by atoms with Gasteiger partial charge in [0, 0.05) is 11.6 Å². The zero-order chi connectivity index (χ0) is 14.5. The summed E-state index contributed by atoms with van der Waals surface area (Å²) in [6.45, 7) is 8.16. The van der Waals surface area contributed by atoms with Crippen LogP contribution in [0.15, 0.2) is 49.0 Å². The van der Waals surface area contributed by atoms with E-state index in [-0.39, 0.29) is 5.75 Å². The lowest BCUT2D eigenvalue weighted by Crippen LogP contribution is -2.14. The first-order valence-electron chi connectivity index (χ1n) is 6.58. The molecule has 0 aromatic heterocycles. The number of hydrogen-bond acceptors (Lipinski definition) is 2. The van der Waals surface area contributed by atoms with Crippen LogP contribution in [0.3, 0.4) is 0 Å². The van der Waals surface area contributed by atoms with Crippen LogP contribution < -0.4 is 4.74 Å². The van der Waals surface area contributed by atoms with Gasteiger partial charge in [0.05, 0.1) is 15.0 Å². The van der Waals surface area contributed by atoms with Crippen molar-refractivity contribution >= 4 is 14.9 Å². The molecule has 2 aromatic rings. The van der Waals surface area contributed by atoms with E-state index in [4.69, 9.17) is 4.74 Å². The van der Waals surface area contributed by atoms with E-state index >= 15 is 0 Å². The second-order valence-electron chi connectivity index (χ2n) is 5.00. The van der Waals surface area contributed by atoms with Crippen LogP contribution in [0.5, 0.6) is 11.5 Å². The van der Waals surface area contributed by atoms with Crippen molar-refractivity contribution in [3.63, 3.8) is 0 Å². The number of benzene rings is 2. The molecular formula is C17H19O2Si. The van der Waals surface area contributed by atoms with E-state index in [1.807, 2.05) is 36.4 Å². The fraction of sp³-hybridized carbons (Fsp3) is 0.176. The number of phenols is 1. The van der Waals surface area contributed by atoms with Crippen molar-refractivity contribution in [1.29, 1.82) is 0 Å². The Morgan fingerprint density at radius 3 is 2.45 bits per heavy atom. The van der Waals surface area contributed by atoms with Gasteiger partial charge < -0.3 is 9.84 Å². The second-order valence-corrected chi connectivity index (χ2v) is 7.71. The van der Waals surface area contributed by atoms with Crippen molar-refractivity contribution < 1.29 is 9.84 Å². The molecule has 0 aliphatic rings. The lowest BCUT2D eigenvalue weighted by atomic mass is 10.0. The van der Waals surface area contributed by atoms with E-state index in [1.54, 1.807) is 12.1 Å². The minimum absolute atomic E-state index is 0.229. The van der Waals surface area contributed by atoms with Crippen molar-refractivity contribution in [1.82, 2.24) is 0 Å². The minimum Gasteiger partial charge on any atom is -0.508 e. The van der Waals surface area contributed by atoms with Crippen LogP contribution in [-0.2, 0) is 0 Å². The van der Waals surface area contributed by atoms with Gasteiger partial charge >= 0.3 is 0 Å². The maximum Gasteiger partial charge on any atom is 0.130 e. The third-order valence-electron chi connectivity index (χ3n) is 2.94. The highest BCUT2D eigenvalue weighted by Gasteiger charge is 2.09. The quantitative estimate of drug-likeness (QED) is 0.825. The lowest BCUT2D eigenvalue weighted by molar-refractivity contribution is 0.379. The topological polar surface area (TPSA) is 29.5 Å². The monoisotopic (exact) mass is 283 g/mol. The first-order chi connectivity index (χ1) is 9.60. The smallest absolute Gasteiger partial charge is 0.130 e. The number of phenolic OH excluding ortho intramolecular Hbond substituents is 1. The van der Waals surface area contributed by atoms with Gasteiger partial charge in [-0.15, -0.1) is 0 Å². The van der Waals surface area contributed by atoms with Crippen molar-refractivity contribution in [3.8, 4) is 22.6 Å². The van der Waals surface area contributed by atoms with Crippen LogP contribution in [0.1, 0.15) is 5.56 Å². The largest absolute Gasteiger partial charge is 0.508 e. The summed E-state index contributed by atoms with van der Waals surface area (Å²) in [5.74, 6) is 0.968. The van der Waals surface area contributed by atoms with E-state index in [1.165, 1.54) is 0 Å². The van der Waals surface area contributed by atoms with Crippen molar-refractivity contribution in [2.45, 2.75) is 13.1 Å². The molecule has 103 valence electrons. The molecule has 1 N–H and O–H groups in total. The normalized spacial score (nSPS) is 10.6. The van der Waals surface area contributed by atoms with Gasteiger partial charge in [-0.1, -0.05) is 50.0 Å². The Hall–Kier alpha value is -2.00. The fourth-order valence-corrected chi connectivity index (χ4v) is 2.33. The van der Waals surface area contributed by atoms with Crippen LogP contribution >= 0.6 is 0 Å². The highest BCUT2D eigenvalue weighted by molar-refractivity contribution is 6.55. The molecule has 0 aliphatic heterocycles. The second kappa shape index (κ2) is 6.44. The fourth-order valence-electron chi connectivity index (χ4n) is 1.89. The molecule has 20 heavy (non-hydrogen) atoms. The van der Waals surface area contributed by atoms with Gasteiger partial charge in [-0.05, 0) is 23.3 Å². The van der Waals surface area contributed by atoms with Crippen molar-refractivity contribution in [3.05, 3.63) is 54.6 Å². The summed E-state index contributed by atoms with van der Waals surface area (Å²) in [7, 11) is -0.470. The molecule has 0 heterocycles. The molecule has 0 saturated carbocycles. The SMILES string of the molecule is C=Cc1ccc(-c2ccc(O)cc2OC[Si](C)C)cc1. The maximum atomic E-state index is 9.65. The molecule has 0 spiro atoms. The van der Waals surface area contributed by atoms with Crippen LogP contribution in [0.25, 0.3) is 17.2 Å². The summed E-state index contributed by atoms with van der Waals surface area (Å²) in [4.78, 5) is 0. The molecule has 2 rings (SSSR count). The molecule has 3 heteroatoms. The average Bonchev–Trinajstić information content (AvgIpc) is 2.45. The van der Waals surface area contributed by atoms with Gasteiger partial charge in [-0.2, -0.15) is 0 Å². The maximum absolute atomic E-state index is 9.65. The first-order valence-corrected chi connectivity index (χ1v) is 9.28. The molecule has 2 nitrogen and oxygen atoms in total. The van der Waals surface area contributed by atoms with Gasteiger partial charge in [0.25, 0.3) is 0 Å². The Morgan fingerprint density at radius 2 is 1.85 bits per heavy atom. The van der Waals surface area contributed by atoms with Crippen molar-refractivity contribution in [2.75, 3.05) is 6.23 Å². The summed E-state index contributed by atoms with van der Waals surface area (Å²) in [6, 6.07) is 13.4. The Morgan fingerprint density at radius 1 is 1.15 bits per heavy atom. The van der Waals surface area contributed by atoms with E-state index in [0.717, 1.165) is 28.7 Å². The minimum atomic E-state index is -0.470. The zero-order valence-corrected chi connectivity index (χ0v) is 12.9. The molecule has 0 unspecified atom stereocenters. The lowest BCUT2D eigenvalue weighted by Gasteiger charge is -2.13. The first kappa shape index (κ1) is 14.4. The average molecular weight is 283 g/mol. The molecule has 0 aliphatic carbocycles. The Kier molecular flexibility index (Phi) is 4.64. The van der Waals surface area contributed by atoms with Crippen LogP contribution in [0.2, 0.25) is 13.1 Å². The molecule has 0 saturated heterocycles. The molecular weight excluding hydrogens is 264 g/mol. The molecule has 1 radical (unpaired) electrons. The third-order valence-corrected chi connectivity index (χ3v) is 3.66. The summed E-state index contributed by atoms with van der Waals surface area (Å²) in [6.07, 6.45) is 2.55. The van der Waals surface area contributed by atoms with E-state index in [2.05, 4.69) is 19.7 Å². The predicted octanol–water partition coefficient (Wildman–Crippen LogP) is 4.37. The summed E-state index contributed by atoms with van der Waals surface area (Å²) < 4.78 is 5.86. The summed E-state index contributed by atoms with van der Waals surface area (Å²) in [5, 5.41) is 9.65. The standard InChI is InChI=1S/C17H19O2Si/c1-4-13-5-7-14(8-6-13)16-10-9-15(18)11-17(16)19-12-20(2)3/h4-11,18H,1,12H2,2-3H3. The molecule has 0 amide bonds. The number of ether oxygens (including phenoxy) is 1. The Bertz CT molecular complexity index is 588. The molecule has 0 atom stereocenters. The van der Waals surface area contributed by atoms with Gasteiger partial charge in [0.2, 0.25) is 0 Å². The predicted molar refractivity (Wildman–Crippen MR) is 86.6 cm³/mol. The molecule has 2 aromatic carbocycles.